The summed E-state index contributed by atoms with van der Waals surface area (Å²) in [7, 11) is -3.11. The number of esters is 1. The van der Waals surface area contributed by atoms with Crippen molar-refractivity contribution in [1.82, 2.24) is 0 Å². The second-order valence-electron chi connectivity index (χ2n) is 14.8. The van der Waals surface area contributed by atoms with Gasteiger partial charge in [0.25, 0.3) is 8.32 Å². The average Bonchev–Trinajstić information content (AvgIpc) is 3.06. The summed E-state index contributed by atoms with van der Waals surface area (Å²) in [5.41, 5.74) is 0.528. The Morgan fingerprint density at radius 2 is 1.41 bits per heavy atom. The van der Waals surface area contributed by atoms with E-state index in [1.54, 1.807) is 0 Å². The molecule has 242 valence electrons. The lowest BCUT2D eigenvalue weighted by Gasteiger charge is -2.41. The molecule has 0 saturated heterocycles. The van der Waals surface area contributed by atoms with Gasteiger partial charge in [-0.05, 0) is 96.9 Å². The Balaban J connectivity index is 1.23. The summed E-state index contributed by atoms with van der Waals surface area (Å²) in [5, 5.41) is 1.57. The minimum atomic E-state index is -3.11. The fourth-order valence-electron chi connectivity index (χ4n) is 8.31. The molecule has 0 spiro atoms. The van der Waals surface area contributed by atoms with Gasteiger partial charge in [-0.25, -0.2) is 4.79 Å². The van der Waals surface area contributed by atoms with E-state index in [1.165, 1.54) is 70.6 Å². The molecule has 0 aliphatic heterocycles. The highest BCUT2D eigenvalue weighted by Crippen LogP contribution is 2.43. The van der Waals surface area contributed by atoms with Crippen LogP contribution in [0, 0.1) is 23.7 Å². The summed E-state index contributed by atoms with van der Waals surface area (Å²) in [4.78, 5) is 25.6. The molecule has 4 heteroatoms. The smallest absolute Gasteiger partial charge is 0.333 e. The van der Waals surface area contributed by atoms with Crippen molar-refractivity contribution in [3.63, 3.8) is 0 Å². The number of unbranched alkanes of at least 4 members (excludes halogenated alkanes) is 1. The first kappa shape index (κ1) is 34.7. The predicted octanol–water partition coefficient (Wildman–Crippen LogP) is 9.37. The second-order valence-corrected chi connectivity index (χ2v) is 18.7. The molecule has 2 aromatic rings. The van der Waals surface area contributed by atoms with Crippen molar-refractivity contribution < 1.29 is 14.3 Å². The molecule has 0 heterocycles. The van der Waals surface area contributed by atoms with Crippen LogP contribution in [0.3, 0.4) is 0 Å². The van der Waals surface area contributed by atoms with Crippen LogP contribution in [0.1, 0.15) is 124 Å². The summed E-state index contributed by atoms with van der Waals surface area (Å²) in [6.07, 6.45) is 18.1. The van der Waals surface area contributed by atoms with Crippen molar-refractivity contribution in [1.29, 1.82) is 0 Å². The van der Waals surface area contributed by atoms with Gasteiger partial charge in [-0.15, -0.1) is 0 Å². The van der Waals surface area contributed by atoms with E-state index in [0.29, 0.717) is 18.4 Å². The molecule has 0 amide bonds. The molecule has 2 saturated carbocycles. The van der Waals surface area contributed by atoms with Gasteiger partial charge >= 0.3 is 5.97 Å². The van der Waals surface area contributed by atoms with Crippen molar-refractivity contribution >= 4 is 24.7 Å². The van der Waals surface area contributed by atoms with Crippen LogP contribution < -0.4 is 10.4 Å². The molecule has 44 heavy (non-hydrogen) atoms. The van der Waals surface area contributed by atoms with Gasteiger partial charge in [0.1, 0.15) is 6.10 Å². The first-order valence-corrected chi connectivity index (χ1v) is 19.8. The number of benzene rings is 2. The first-order valence-electron chi connectivity index (χ1n) is 17.9. The highest BCUT2D eigenvalue weighted by molar-refractivity contribution is 6.98. The van der Waals surface area contributed by atoms with Gasteiger partial charge in [-0.3, -0.25) is 0 Å². The Bertz CT molecular complexity index is 1100. The van der Waals surface area contributed by atoms with Crippen LogP contribution in [0.15, 0.2) is 72.8 Å². The fraction of sp³-hybridized carbons (Fsp3) is 0.625. The summed E-state index contributed by atoms with van der Waals surface area (Å²) in [6, 6.07) is 20.2. The van der Waals surface area contributed by atoms with E-state index in [0.717, 1.165) is 46.9 Å². The number of rotatable bonds is 15. The zero-order valence-corrected chi connectivity index (χ0v) is 29.2. The lowest BCUT2D eigenvalue weighted by Crippen LogP contribution is -2.65. The van der Waals surface area contributed by atoms with Crippen LogP contribution in [0.2, 0.25) is 5.04 Å². The van der Waals surface area contributed by atoms with E-state index in [-0.39, 0.29) is 12.1 Å². The van der Waals surface area contributed by atoms with E-state index >= 15 is 0 Å². The Hall–Kier alpha value is -2.17. The van der Waals surface area contributed by atoms with E-state index in [4.69, 9.17) is 4.74 Å². The van der Waals surface area contributed by atoms with Gasteiger partial charge in [-0.2, -0.15) is 0 Å². The molecule has 1 unspecified atom stereocenters. The van der Waals surface area contributed by atoms with Crippen LogP contribution in [0.4, 0.5) is 0 Å². The molecule has 0 radical (unpaired) electrons. The second kappa shape index (κ2) is 16.4. The minimum absolute atomic E-state index is 0.0173. The van der Waals surface area contributed by atoms with Crippen molar-refractivity contribution in [2.75, 3.05) is 0 Å². The Morgan fingerprint density at radius 1 is 0.886 bits per heavy atom. The maximum Gasteiger partial charge on any atom is 0.333 e. The average molecular weight is 617 g/mol. The lowest BCUT2D eigenvalue weighted by atomic mass is 9.69. The SMILES string of the molecule is C=C(CCC(C)(C)[Si](O)(c1ccccc1)c1ccccc1)C(=O)OC1CCC(C2CCC(CC(CC)CCCC)CC2)CC1. The van der Waals surface area contributed by atoms with Gasteiger partial charge in [0.15, 0.2) is 0 Å². The maximum atomic E-state index is 13.1. The molecule has 2 fully saturated rings. The van der Waals surface area contributed by atoms with Crippen molar-refractivity contribution in [3.05, 3.63) is 72.8 Å². The van der Waals surface area contributed by atoms with Gasteiger partial charge in [0.05, 0.1) is 0 Å². The summed E-state index contributed by atoms with van der Waals surface area (Å²) in [6.45, 7) is 13.1. The molecule has 1 atom stereocenters. The molecule has 2 aliphatic carbocycles. The lowest BCUT2D eigenvalue weighted by molar-refractivity contribution is -0.146. The zero-order valence-electron chi connectivity index (χ0n) is 28.2. The third kappa shape index (κ3) is 8.75. The number of carbonyl (C=O) groups excluding carboxylic acids is 1. The van der Waals surface area contributed by atoms with Crippen LogP contribution >= 0.6 is 0 Å². The fourth-order valence-corrected chi connectivity index (χ4v) is 12.0. The molecular weight excluding hydrogens is 557 g/mol. The van der Waals surface area contributed by atoms with E-state index < -0.39 is 13.4 Å². The van der Waals surface area contributed by atoms with Crippen molar-refractivity contribution in [2.45, 2.75) is 135 Å². The quantitative estimate of drug-likeness (QED) is 0.123. The largest absolute Gasteiger partial charge is 0.459 e. The van der Waals surface area contributed by atoms with Gasteiger partial charge in [-0.1, -0.05) is 133 Å². The summed E-state index contributed by atoms with van der Waals surface area (Å²) < 4.78 is 6.02. The minimum Gasteiger partial charge on any atom is -0.459 e. The first-order chi connectivity index (χ1) is 21.2. The molecule has 3 nitrogen and oxygen atoms in total. The Kier molecular flexibility index (Phi) is 12.9. The third-order valence-corrected chi connectivity index (χ3v) is 16.0. The topological polar surface area (TPSA) is 46.5 Å². The number of hydrogen-bond donors (Lipinski definition) is 1. The Labute approximate surface area is 270 Å². The molecule has 4 rings (SSSR count). The molecule has 0 aromatic heterocycles. The van der Waals surface area contributed by atoms with E-state index in [1.807, 2.05) is 60.7 Å². The molecular formula is C40H60O3Si. The van der Waals surface area contributed by atoms with Gasteiger partial charge < -0.3 is 9.53 Å². The predicted molar refractivity (Wildman–Crippen MR) is 188 cm³/mol. The number of carbonyl (C=O) groups is 1. The zero-order chi connectivity index (χ0) is 31.6. The normalized spacial score (nSPS) is 23.6. The summed E-state index contributed by atoms with van der Waals surface area (Å²) in [5.74, 6) is 3.30. The summed E-state index contributed by atoms with van der Waals surface area (Å²) >= 11 is 0. The highest BCUT2D eigenvalue weighted by atomic mass is 28.4. The van der Waals surface area contributed by atoms with Crippen LogP contribution in [-0.4, -0.2) is 25.2 Å². The maximum absolute atomic E-state index is 13.1. The van der Waals surface area contributed by atoms with Gasteiger partial charge in [0.2, 0.25) is 0 Å². The standard InChI is InChI=1S/C40H60O3Si/c1-6-8-15-32(7-2)30-33-20-22-34(23-21-33)35-24-26-36(27-25-35)43-39(41)31(3)28-29-40(4,5)44(42,37-16-11-9-12-17-37)38-18-13-10-14-19-38/h9-14,16-19,32-36,42H,3,6-8,15,20-30H2,1-2,4-5H3. The molecule has 2 aromatic carbocycles. The van der Waals surface area contributed by atoms with E-state index in [9.17, 15) is 9.59 Å². The number of ether oxygens (including phenoxy) is 1. The van der Waals surface area contributed by atoms with Crippen LogP contribution in [0.5, 0.6) is 0 Å². The van der Waals surface area contributed by atoms with Crippen molar-refractivity contribution in [3.8, 4) is 0 Å². The monoisotopic (exact) mass is 616 g/mol. The number of hydrogen-bond acceptors (Lipinski definition) is 3. The molecule has 1 N–H and O–H groups in total. The highest BCUT2D eigenvalue weighted by Gasteiger charge is 2.49. The molecule has 2 aliphatic rings. The molecule has 0 bridgehead atoms. The van der Waals surface area contributed by atoms with Crippen LogP contribution in [-0.2, 0) is 9.53 Å². The van der Waals surface area contributed by atoms with Crippen LogP contribution in [0.25, 0.3) is 0 Å². The van der Waals surface area contributed by atoms with Crippen molar-refractivity contribution in [2.24, 2.45) is 23.7 Å². The Morgan fingerprint density at radius 3 is 1.91 bits per heavy atom. The van der Waals surface area contributed by atoms with Gasteiger partial charge in [0, 0.05) is 5.57 Å². The van der Waals surface area contributed by atoms with E-state index in [2.05, 4.69) is 34.3 Å². The third-order valence-electron chi connectivity index (χ3n) is 11.5.